The number of benzene rings is 1. The molecule has 2 unspecified atom stereocenters. The second kappa shape index (κ2) is 8.92. The Morgan fingerprint density at radius 2 is 1.76 bits per heavy atom. The highest BCUT2D eigenvalue weighted by Gasteiger charge is 2.18. The lowest BCUT2D eigenvalue weighted by Crippen LogP contribution is -2.30. The van der Waals surface area contributed by atoms with Gasteiger partial charge < -0.3 is 15.2 Å². The van der Waals surface area contributed by atoms with E-state index in [2.05, 4.69) is 24.1 Å². The number of ether oxygens (including phenoxy) is 1. The van der Waals surface area contributed by atoms with Gasteiger partial charge in [-0.05, 0) is 49.6 Å². The average Bonchev–Trinajstić information content (AvgIpc) is 2.56. The van der Waals surface area contributed by atoms with E-state index in [-0.39, 0.29) is 23.9 Å². The number of aromatic nitrogens is 1. The minimum absolute atomic E-state index is 0.0567. The molecule has 0 bridgehead atoms. The first-order valence-corrected chi connectivity index (χ1v) is 8.66. The van der Waals surface area contributed by atoms with Gasteiger partial charge in [-0.15, -0.1) is 0 Å². The van der Waals surface area contributed by atoms with E-state index in [0.717, 1.165) is 17.0 Å². The van der Waals surface area contributed by atoms with Crippen LogP contribution < -0.4 is 10.1 Å². The van der Waals surface area contributed by atoms with Gasteiger partial charge >= 0.3 is 0 Å². The van der Waals surface area contributed by atoms with Gasteiger partial charge in [-0.3, -0.25) is 4.98 Å². The summed E-state index contributed by atoms with van der Waals surface area (Å²) < 4.78 is 18.7. The molecular formula is C20H27FN2O2. The van der Waals surface area contributed by atoms with Crippen molar-refractivity contribution < 1.29 is 14.2 Å². The van der Waals surface area contributed by atoms with Crippen molar-refractivity contribution in [2.24, 2.45) is 5.92 Å². The molecule has 2 rings (SSSR count). The zero-order chi connectivity index (χ0) is 18.4. The molecule has 1 aromatic carbocycles. The molecule has 0 radical (unpaired) electrons. The number of hydrogen-bond acceptors (Lipinski definition) is 4. The van der Waals surface area contributed by atoms with E-state index >= 15 is 0 Å². The fraction of sp³-hybridized carbons (Fsp3) is 0.450. The number of halogens is 1. The number of pyridine rings is 1. The Morgan fingerprint density at radius 1 is 1.08 bits per heavy atom. The average molecular weight is 346 g/mol. The van der Waals surface area contributed by atoms with Gasteiger partial charge in [0.05, 0.1) is 30.1 Å². The van der Waals surface area contributed by atoms with Gasteiger partial charge in [-0.25, -0.2) is 4.39 Å². The van der Waals surface area contributed by atoms with Gasteiger partial charge in [0.1, 0.15) is 11.6 Å². The van der Waals surface area contributed by atoms with E-state index in [1.807, 2.05) is 38.1 Å². The zero-order valence-electron chi connectivity index (χ0n) is 15.2. The van der Waals surface area contributed by atoms with Crippen molar-refractivity contribution in [2.45, 2.75) is 45.9 Å². The van der Waals surface area contributed by atoms with E-state index in [1.54, 1.807) is 6.07 Å². The third-order valence-corrected chi connectivity index (χ3v) is 3.90. The van der Waals surface area contributed by atoms with Crippen LogP contribution in [0.1, 0.15) is 51.1 Å². The molecule has 0 saturated carbocycles. The third kappa shape index (κ3) is 5.80. The van der Waals surface area contributed by atoms with Crippen LogP contribution in [0.3, 0.4) is 0 Å². The first kappa shape index (κ1) is 19.3. The lowest BCUT2D eigenvalue weighted by atomic mass is 9.99. The topological polar surface area (TPSA) is 54.4 Å². The maximum absolute atomic E-state index is 13.1. The van der Waals surface area contributed by atoms with Crippen molar-refractivity contribution in [1.29, 1.82) is 0 Å². The van der Waals surface area contributed by atoms with Gasteiger partial charge in [-0.1, -0.05) is 26.0 Å². The fourth-order valence-electron chi connectivity index (χ4n) is 2.65. The largest absolute Gasteiger partial charge is 0.491 e. The highest BCUT2D eigenvalue weighted by molar-refractivity contribution is 5.29. The second-order valence-corrected chi connectivity index (χ2v) is 6.78. The molecule has 4 nitrogen and oxygen atoms in total. The number of aliphatic hydroxyl groups is 1. The number of rotatable bonds is 8. The first-order chi connectivity index (χ1) is 11.9. The number of nitrogens with one attached hydrogen (secondary N) is 1. The minimum Gasteiger partial charge on any atom is -0.491 e. The molecule has 0 saturated heterocycles. The molecule has 2 aromatic rings. The monoisotopic (exact) mass is 346 g/mol. The molecule has 0 aliphatic rings. The van der Waals surface area contributed by atoms with Crippen molar-refractivity contribution in [3.63, 3.8) is 0 Å². The molecule has 2 atom stereocenters. The number of hydrogen-bond donors (Lipinski definition) is 2. The Hall–Kier alpha value is -1.98. The SMILES string of the molecule is CC(C)Oc1ccc(C(O)CNC(c2ccc(F)cn2)C(C)C)cc1. The minimum atomic E-state index is -0.644. The van der Waals surface area contributed by atoms with E-state index in [1.165, 1.54) is 12.3 Å². The van der Waals surface area contributed by atoms with Crippen LogP contribution >= 0.6 is 0 Å². The summed E-state index contributed by atoms with van der Waals surface area (Å²) in [5, 5.41) is 13.8. The summed E-state index contributed by atoms with van der Waals surface area (Å²) in [6.45, 7) is 8.46. The van der Waals surface area contributed by atoms with Crippen LogP contribution in [-0.2, 0) is 0 Å². The molecular weight excluding hydrogens is 319 g/mol. The molecule has 0 aliphatic carbocycles. The molecule has 0 amide bonds. The van der Waals surface area contributed by atoms with Crippen LogP contribution in [0.15, 0.2) is 42.6 Å². The highest BCUT2D eigenvalue weighted by atomic mass is 19.1. The lowest BCUT2D eigenvalue weighted by molar-refractivity contribution is 0.165. The zero-order valence-corrected chi connectivity index (χ0v) is 15.2. The van der Waals surface area contributed by atoms with E-state index in [4.69, 9.17) is 4.74 Å². The summed E-state index contributed by atoms with van der Waals surface area (Å²) in [4.78, 5) is 4.15. The fourth-order valence-corrected chi connectivity index (χ4v) is 2.65. The smallest absolute Gasteiger partial charge is 0.141 e. The van der Waals surface area contributed by atoms with Gasteiger partial charge in [0, 0.05) is 6.54 Å². The van der Waals surface area contributed by atoms with Crippen LogP contribution in [0.5, 0.6) is 5.75 Å². The quantitative estimate of drug-likeness (QED) is 0.758. The molecule has 0 aliphatic heterocycles. The number of aliphatic hydroxyl groups excluding tert-OH is 1. The Bertz CT molecular complexity index is 642. The first-order valence-electron chi connectivity index (χ1n) is 8.66. The molecule has 1 heterocycles. The molecule has 0 fully saturated rings. The Kier molecular flexibility index (Phi) is 6.91. The van der Waals surface area contributed by atoms with Crippen molar-refractivity contribution in [2.75, 3.05) is 6.54 Å². The van der Waals surface area contributed by atoms with Crippen LogP contribution in [-0.4, -0.2) is 22.7 Å². The van der Waals surface area contributed by atoms with Crippen LogP contribution in [0, 0.1) is 11.7 Å². The number of nitrogens with zero attached hydrogens (tertiary/aromatic N) is 1. The van der Waals surface area contributed by atoms with Crippen LogP contribution in [0.25, 0.3) is 0 Å². The predicted octanol–water partition coefficient (Wildman–Crippen LogP) is 4.03. The van der Waals surface area contributed by atoms with Crippen LogP contribution in [0.2, 0.25) is 0 Å². The second-order valence-electron chi connectivity index (χ2n) is 6.78. The normalized spacial score (nSPS) is 13.9. The van der Waals surface area contributed by atoms with Gasteiger partial charge in [-0.2, -0.15) is 0 Å². The van der Waals surface area contributed by atoms with Crippen LogP contribution in [0.4, 0.5) is 4.39 Å². The van der Waals surface area contributed by atoms with Crippen molar-refractivity contribution in [3.8, 4) is 5.75 Å². The molecule has 1 aromatic heterocycles. The molecule has 5 heteroatoms. The molecule has 136 valence electrons. The lowest BCUT2D eigenvalue weighted by Gasteiger charge is -2.24. The molecule has 0 spiro atoms. The maximum Gasteiger partial charge on any atom is 0.141 e. The maximum atomic E-state index is 13.1. The van der Waals surface area contributed by atoms with Crippen molar-refractivity contribution in [3.05, 3.63) is 59.7 Å². The van der Waals surface area contributed by atoms with E-state index in [0.29, 0.717) is 6.54 Å². The third-order valence-electron chi connectivity index (χ3n) is 3.90. The standard InChI is InChI=1S/C20H27FN2O2/c1-13(2)20(18-10-7-16(21)11-22-18)23-12-19(24)15-5-8-17(9-6-15)25-14(3)4/h5-11,13-14,19-20,23-24H,12H2,1-4H3. The van der Waals surface area contributed by atoms with Gasteiger partial charge in [0.25, 0.3) is 0 Å². The Balaban J connectivity index is 1.98. The summed E-state index contributed by atoms with van der Waals surface area (Å²) in [5.74, 6) is 0.691. The molecule has 2 N–H and O–H groups in total. The van der Waals surface area contributed by atoms with Crippen molar-refractivity contribution in [1.82, 2.24) is 10.3 Å². The Labute approximate surface area is 149 Å². The summed E-state index contributed by atoms with van der Waals surface area (Å²) in [7, 11) is 0. The van der Waals surface area contributed by atoms with Gasteiger partial charge in [0.2, 0.25) is 0 Å². The summed E-state index contributed by atoms with van der Waals surface area (Å²) in [5.41, 5.74) is 1.59. The van der Waals surface area contributed by atoms with Crippen molar-refractivity contribution >= 4 is 0 Å². The molecule has 25 heavy (non-hydrogen) atoms. The predicted molar refractivity (Wildman–Crippen MR) is 96.9 cm³/mol. The van der Waals surface area contributed by atoms with E-state index < -0.39 is 6.10 Å². The Morgan fingerprint density at radius 3 is 2.28 bits per heavy atom. The summed E-state index contributed by atoms with van der Waals surface area (Å²) in [6, 6.07) is 10.5. The van der Waals surface area contributed by atoms with Gasteiger partial charge in [0.15, 0.2) is 0 Å². The summed E-state index contributed by atoms with van der Waals surface area (Å²) in [6.07, 6.45) is 0.693. The van der Waals surface area contributed by atoms with E-state index in [9.17, 15) is 9.50 Å². The summed E-state index contributed by atoms with van der Waals surface area (Å²) >= 11 is 0. The highest BCUT2D eigenvalue weighted by Crippen LogP contribution is 2.22.